The molecule has 0 radical (unpaired) electrons. The van der Waals surface area contributed by atoms with Crippen LogP contribution in [0.1, 0.15) is 5.56 Å². The summed E-state index contributed by atoms with van der Waals surface area (Å²) in [5, 5.41) is 7.47. The van der Waals surface area contributed by atoms with Crippen molar-refractivity contribution in [3.63, 3.8) is 0 Å². The highest BCUT2D eigenvalue weighted by atomic mass is 19.1. The van der Waals surface area contributed by atoms with Crippen LogP contribution < -0.4 is 15.4 Å². The maximum atomic E-state index is 13.1. The van der Waals surface area contributed by atoms with Gasteiger partial charge in [0.2, 0.25) is 5.95 Å². The second kappa shape index (κ2) is 7.92. The molecule has 4 rings (SSSR count). The fourth-order valence-electron chi connectivity index (χ4n) is 2.92. The lowest BCUT2D eigenvalue weighted by Gasteiger charge is -2.13. The molecule has 0 saturated carbocycles. The Kier molecular flexibility index (Phi) is 5.01. The number of nitrogens with one attached hydrogen (secondary N) is 2. The summed E-state index contributed by atoms with van der Waals surface area (Å²) < 4.78 is 18.5. The first kappa shape index (κ1) is 17.7. The van der Waals surface area contributed by atoms with E-state index in [2.05, 4.69) is 20.6 Å². The molecule has 4 aromatic rings. The third-order valence-electron chi connectivity index (χ3n) is 4.33. The van der Waals surface area contributed by atoms with Crippen molar-refractivity contribution in [2.24, 2.45) is 0 Å². The predicted molar refractivity (Wildman–Crippen MR) is 110 cm³/mol. The molecule has 5 nitrogen and oxygen atoms in total. The molecule has 2 N–H and O–H groups in total. The summed E-state index contributed by atoms with van der Waals surface area (Å²) >= 11 is 0. The van der Waals surface area contributed by atoms with Crippen molar-refractivity contribution in [1.82, 2.24) is 9.97 Å². The van der Waals surface area contributed by atoms with Crippen LogP contribution in [0.25, 0.3) is 10.9 Å². The van der Waals surface area contributed by atoms with Gasteiger partial charge in [0.05, 0.1) is 18.3 Å². The van der Waals surface area contributed by atoms with Crippen LogP contribution in [0, 0.1) is 5.82 Å². The number of para-hydroxylation sites is 3. The quantitative estimate of drug-likeness (QED) is 0.490. The van der Waals surface area contributed by atoms with Gasteiger partial charge in [-0.15, -0.1) is 0 Å². The minimum Gasteiger partial charge on any atom is -0.495 e. The van der Waals surface area contributed by atoms with E-state index >= 15 is 0 Å². The van der Waals surface area contributed by atoms with E-state index in [9.17, 15) is 4.39 Å². The van der Waals surface area contributed by atoms with Gasteiger partial charge in [0, 0.05) is 11.9 Å². The third kappa shape index (κ3) is 3.86. The Morgan fingerprint density at radius 1 is 0.893 bits per heavy atom. The molecule has 140 valence electrons. The molecule has 0 aliphatic heterocycles. The van der Waals surface area contributed by atoms with Gasteiger partial charge in [-0.25, -0.2) is 9.37 Å². The van der Waals surface area contributed by atoms with Crippen molar-refractivity contribution in [3.05, 3.63) is 84.2 Å². The molecule has 1 aromatic heterocycles. The van der Waals surface area contributed by atoms with Crippen LogP contribution in [0.2, 0.25) is 0 Å². The predicted octanol–water partition coefficient (Wildman–Crippen LogP) is 5.13. The van der Waals surface area contributed by atoms with Crippen LogP contribution >= 0.6 is 0 Å². The molecule has 1 heterocycles. The van der Waals surface area contributed by atoms with E-state index in [1.54, 1.807) is 19.2 Å². The highest BCUT2D eigenvalue weighted by Crippen LogP contribution is 2.28. The molecule has 6 heteroatoms. The molecule has 0 saturated heterocycles. The number of nitrogens with zero attached hydrogens (tertiary/aromatic N) is 2. The van der Waals surface area contributed by atoms with Crippen LogP contribution in [0.3, 0.4) is 0 Å². The summed E-state index contributed by atoms with van der Waals surface area (Å²) in [6.07, 6.45) is 0. The molecule has 28 heavy (non-hydrogen) atoms. The first-order valence-corrected chi connectivity index (χ1v) is 8.88. The Morgan fingerprint density at radius 3 is 2.46 bits per heavy atom. The van der Waals surface area contributed by atoms with Gasteiger partial charge in [0.25, 0.3) is 0 Å². The Labute approximate surface area is 162 Å². The Hall–Kier alpha value is -3.67. The molecule has 0 spiro atoms. The number of ether oxygens (including phenoxy) is 1. The van der Waals surface area contributed by atoms with E-state index in [1.165, 1.54) is 12.1 Å². The highest BCUT2D eigenvalue weighted by Gasteiger charge is 2.10. The van der Waals surface area contributed by atoms with Crippen LogP contribution in [-0.4, -0.2) is 17.1 Å². The molecule has 3 aromatic carbocycles. The molecule has 0 aliphatic carbocycles. The van der Waals surface area contributed by atoms with Gasteiger partial charge in [0.1, 0.15) is 17.4 Å². The van der Waals surface area contributed by atoms with Gasteiger partial charge in [-0.1, -0.05) is 36.4 Å². The number of hydrogen-bond donors (Lipinski definition) is 2. The fraction of sp³-hybridized carbons (Fsp3) is 0.0909. The summed E-state index contributed by atoms with van der Waals surface area (Å²) in [7, 11) is 1.62. The number of halogens is 1. The number of rotatable bonds is 6. The van der Waals surface area contributed by atoms with Crippen molar-refractivity contribution in [2.45, 2.75) is 6.54 Å². The van der Waals surface area contributed by atoms with Gasteiger partial charge in [-0.2, -0.15) is 4.98 Å². The molecule has 0 atom stereocenters. The molecule has 0 aliphatic rings. The van der Waals surface area contributed by atoms with Crippen LogP contribution in [0.5, 0.6) is 5.75 Å². The standard InChI is InChI=1S/C22H19FN4O/c1-28-20-9-5-4-8-19(20)26-22-25-18-7-3-2-6-17(18)21(27-22)24-14-15-10-12-16(23)13-11-15/h2-13H,14H2,1H3,(H2,24,25,26,27). The normalized spacial score (nSPS) is 10.6. The minimum absolute atomic E-state index is 0.250. The van der Waals surface area contributed by atoms with Crippen molar-refractivity contribution >= 4 is 28.4 Å². The van der Waals surface area contributed by atoms with Gasteiger partial charge in [0.15, 0.2) is 0 Å². The van der Waals surface area contributed by atoms with Gasteiger partial charge in [-0.3, -0.25) is 0 Å². The van der Waals surface area contributed by atoms with E-state index in [0.29, 0.717) is 24.1 Å². The summed E-state index contributed by atoms with van der Waals surface area (Å²) in [5.74, 6) is 1.62. The monoisotopic (exact) mass is 374 g/mol. The zero-order valence-electron chi connectivity index (χ0n) is 15.3. The van der Waals surface area contributed by atoms with Gasteiger partial charge in [-0.05, 0) is 42.0 Å². The van der Waals surface area contributed by atoms with Gasteiger partial charge >= 0.3 is 0 Å². The second-order valence-electron chi connectivity index (χ2n) is 6.22. The largest absolute Gasteiger partial charge is 0.495 e. The first-order valence-electron chi connectivity index (χ1n) is 8.88. The number of fused-ring (bicyclic) bond motifs is 1. The smallest absolute Gasteiger partial charge is 0.229 e. The Bertz CT molecular complexity index is 1100. The second-order valence-corrected chi connectivity index (χ2v) is 6.22. The third-order valence-corrected chi connectivity index (χ3v) is 4.33. The van der Waals surface area contributed by atoms with Gasteiger partial charge < -0.3 is 15.4 Å². The average molecular weight is 374 g/mol. The van der Waals surface area contributed by atoms with Crippen molar-refractivity contribution in [3.8, 4) is 5.75 Å². The lowest BCUT2D eigenvalue weighted by atomic mass is 10.2. The number of hydrogen-bond acceptors (Lipinski definition) is 5. The summed E-state index contributed by atoms with van der Waals surface area (Å²) in [6.45, 7) is 0.523. The molecule has 0 fully saturated rings. The molecule has 0 unspecified atom stereocenters. The van der Waals surface area contributed by atoms with E-state index < -0.39 is 0 Å². The SMILES string of the molecule is COc1ccccc1Nc1nc(NCc2ccc(F)cc2)c2ccccc2n1. The fourth-order valence-corrected chi connectivity index (χ4v) is 2.92. The number of methoxy groups -OCH3 is 1. The molecule has 0 amide bonds. The summed E-state index contributed by atoms with van der Waals surface area (Å²) in [6, 6.07) is 21.8. The highest BCUT2D eigenvalue weighted by molar-refractivity contribution is 5.90. The lowest BCUT2D eigenvalue weighted by molar-refractivity contribution is 0.417. The van der Waals surface area contributed by atoms with E-state index in [1.807, 2.05) is 48.5 Å². The van der Waals surface area contributed by atoms with Crippen LogP contribution in [0.4, 0.5) is 21.8 Å². The Morgan fingerprint density at radius 2 is 1.64 bits per heavy atom. The lowest BCUT2D eigenvalue weighted by Crippen LogP contribution is -2.06. The van der Waals surface area contributed by atoms with Crippen molar-refractivity contribution in [1.29, 1.82) is 0 Å². The van der Waals surface area contributed by atoms with E-state index in [-0.39, 0.29) is 5.82 Å². The minimum atomic E-state index is -0.250. The maximum absolute atomic E-state index is 13.1. The number of aromatic nitrogens is 2. The van der Waals surface area contributed by atoms with E-state index in [0.717, 1.165) is 22.2 Å². The van der Waals surface area contributed by atoms with Crippen molar-refractivity contribution in [2.75, 3.05) is 17.7 Å². The zero-order valence-corrected chi connectivity index (χ0v) is 15.3. The molecule has 0 bridgehead atoms. The number of anilines is 3. The van der Waals surface area contributed by atoms with E-state index in [4.69, 9.17) is 4.74 Å². The van der Waals surface area contributed by atoms with Crippen LogP contribution in [-0.2, 0) is 6.54 Å². The zero-order chi connectivity index (χ0) is 19.3. The Balaban J connectivity index is 1.66. The number of benzene rings is 3. The van der Waals surface area contributed by atoms with Crippen molar-refractivity contribution < 1.29 is 9.13 Å². The molecular formula is C22H19FN4O. The maximum Gasteiger partial charge on any atom is 0.229 e. The summed E-state index contributed by atoms with van der Waals surface area (Å²) in [5.41, 5.74) is 2.56. The first-order chi connectivity index (χ1) is 13.7. The molecular weight excluding hydrogens is 355 g/mol. The topological polar surface area (TPSA) is 59.1 Å². The van der Waals surface area contributed by atoms with Crippen LogP contribution in [0.15, 0.2) is 72.8 Å². The average Bonchev–Trinajstić information content (AvgIpc) is 2.73. The summed E-state index contributed by atoms with van der Waals surface area (Å²) in [4.78, 5) is 9.25.